The molecule has 0 nitrogen and oxygen atoms in total. The molecule has 2 aliphatic rings. The fourth-order valence-electron chi connectivity index (χ4n) is 3.76. The largest absolute Gasteiger partial charge is 0.394 e. The van der Waals surface area contributed by atoms with Gasteiger partial charge in [0, 0.05) is 6.42 Å². The van der Waals surface area contributed by atoms with Crippen LogP contribution in [0.1, 0.15) is 38.5 Å². The summed E-state index contributed by atoms with van der Waals surface area (Å²) in [4.78, 5) is 0. The van der Waals surface area contributed by atoms with Gasteiger partial charge < -0.3 is 0 Å². The highest BCUT2D eigenvalue weighted by Crippen LogP contribution is 2.50. The van der Waals surface area contributed by atoms with Crippen molar-refractivity contribution in [3.63, 3.8) is 0 Å². The molecule has 0 amide bonds. The van der Waals surface area contributed by atoms with Crippen LogP contribution in [-0.2, 0) is 0 Å². The summed E-state index contributed by atoms with van der Waals surface area (Å²) >= 11 is 0. The highest BCUT2D eigenvalue weighted by molar-refractivity contribution is 5.10. The molecule has 0 aromatic carbocycles. The van der Waals surface area contributed by atoms with Crippen molar-refractivity contribution in [1.29, 1.82) is 0 Å². The summed E-state index contributed by atoms with van der Waals surface area (Å²) in [6.45, 7) is 0. The topological polar surface area (TPSA) is 0 Å². The second kappa shape index (κ2) is 6.12. The summed E-state index contributed by atoms with van der Waals surface area (Å²) in [6, 6.07) is 0. The summed E-state index contributed by atoms with van der Waals surface area (Å²) < 4.78 is 117. The molecule has 0 radical (unpaired) electrons. The maximum atomic E-state index is 13.8. The number of rotatable bonds is 7. The van der Waals surface area contributed by atoms with Crippen molar-refractivity contribution in [2.45, 2.75) is 62.5 Å². The molecule has 1 fully saturated rings. The Hall–Kier alpha value is -0.890. The van der Waals surface area contributed by atoms with Gasteiger partial charge in [-0.05, 0) is 30.6 Å². The molecule has 0 heterocycles. The minimum absolute atomic E-state index is 0.124. The molecule has 0 saturated heterocycles. The molecular formula is C15H17F9. The van der Waals surface area contributed by atoms with Gasteiger partial charge in [-0.3, -0.25) is 0 Å². The summed E-state index contributed by atoms with van der Waals surface area (Å²) in [5, 5.41) is 0. The van der Waals surface area contributed by atoms with Crippen LogP contribution in [0.2, 0.25) is 0 Å². The van der Waals surface area contributed by atoms with Crippen molar-refractivity contribution in [2.24, 2.45) is 17.8 Å². The number of halogens is 9. The molecule has 24 heavy (non-hydrogen) atoms. The van der Waals surface area contributed by atoms with Crippen LogP contribution in [0.5, 0.6) is 0 Å². The van der Waals surface area contributed by atoms with Crippen LogP contribution in [0.3, 0.4) is 0 Å². The summed E-state index contributed by atoms with van der Waals surface area (Å²) in [5.41, 5.74) is 0. The van der Waals surface area contributed by atoms with Gasteiger partial charge in [-0.25, -0.2) is 26.3 Å². The van der Waals surface area contributed by atoms with Crippen LogP contribution in [0, 0.1) is 17.8 Å². The van der Waals surface area contributed by atoms with Gasteiger partial charge in [-0.15, -0.1) is 0 Å². The first kappa shape index (κ1) is 19.4. The molecule has 0 aromatic rings. The molecule has 0 aliphatic heterocycles. The van der Waals surface area contributed by atoms with E-state index < -0.39 is 55.5 Å². The van der Waals surface area contributed by atoms with Gasteiger partial charge in [0.05, 0.1) is 12.8 Å². The Morgan fingerprint density at radius 1 is 0.667 bits per heavy atom. The minimum Gasteiger partial charge on any atom is -0.207 e. The van der Waals surface area contributed by atoms with Crippen LogP contribution in [0.15, 0.2) is 12.2 Å². The van der Waals surface area contributed by atoms with Crippen molar-refractivity contribution >= 4 is 0 Å². The third-order valence-corrected chi connectivity index (χ3v) is 4.47. The first-order valence-corrected chi connectivity index (χ1v) is 7.55. The molecule has 3 unspecified atom stereocenters. The van der Waals surface area contributed by atoms with Crippen LogP contribution in [0.25, 0.3) is 0 Å². The maximum absolute atomic E-state index is 13.8. The van der Waals surface area contributed by atoms with Gasteiger partial charge in [-0.1, -0.05) is 12.2 Å². The molecule has 2 bridgehead atoms. The second-order valence-corrected chi connectivity index (χ2v) is 6.96. The fourth-order valence-corrected chi connectivity index (χ4v) is 3.76. The molecule has 3 atom stereocenters. The number of allylic oxidation sites excluding steroid dienone is 2. The molecule has 2 rings (SSSR count). The Balaban J connectivity index is 1.92. The van der Waals surface area contributed by atoms with E-state index in [1.807, 2.05) is 6.08 Å². The van der Waals surface area contributed by atoms with E-state index >= 15 is 0 Å². The SMILES string of the molecule is FC(F)(F)CC(F)(F)CC(F)(F)CC(F)(F)CC1CC2C=CC1C2. The third kappa shape index (κ3) is 5.58. The van der Waals surface area contributed by atoms with Gasteiger partial charge in [0.25, 0.3) is 17.8 Å². The average Bonchev–Trinajstić information content (AvgIpc) is 2.81. The Morgan fingerprint density at radius 3 is 1.67 bits per heavy atom. The van der Waals surface area contributed by atoms with Crippen molar-refractivity contribution in [1.82, 2.24) is 0 Å². The summed E-state index contributed by atoms with van der Waals surface area (Å²) in [6.07, 6.45) is -8.91. The van der Waals surface area contributed by atoms with Gasteiger partial charge in [-0.2, -0.15) is 13.2 Å². The first-order chi connectivity index (χ1) is 10.7. The van der Waals surface area contributed by atoms with Gasteiger partial charge in [0.1, 0.15) is 6.42 Å². The van der Waals surface area contributed by atoms with E-state index in [0.717, 1.165) is 0 Å². The Labute approximate surface area is 133 Å². The van der Waals surface area contributed by atoms with Crippen molar-refractivity contribution < 1.29 is 39.5 Å². The smallest absolute Gasteiger partial charge is 0.207 e. The maximum Gasteiger partial charge on any atom is 0.394 e. The zero-order valence-electron chi connectivity index (χ0n) is 12.5. The van der Waals surface area contributed by atoms with Crippen molar-refractivity contribution in [2.75, 3.05) is 0 Å². The molecule has 1 saturated carbocycles. The standard InChI is InChI=1S/C15H17F9/c16-12(17,5-11-4-9-1-2-10(11)3-9)6-13(18,19)7-14(20,21)8-15(22,23)24/h1-2,9-11H,3-8H2. The van der Waals surface area contributed by atoms with E-state index in [4.69, 9.17) is 0 Å². The normalized spacial score (nSPS) is 28.0. The molecule has 0 N–H and O–H groups in total. The van der Waals surface area contributed by atoms with E-state index in [2.05, 4.69) is 0 Å². The number of hydrogen-bond donors (Lipinski definition) is 0. The molecule has 2 aliphatic carbocycles. The number of alkyl halides is 9. The molecule has 140 valence electrons. The second-order valence-electron chi connectivity index (χ2n) is 6.96. The quantitative estimate of drug-likeness (QED) is 0.369. The Bertz CT molecular complexity index is 478. The minimum atomic E-state index is -5.35. The summed E-state index contributed by atoms with van der Waals surface area (Å²) in [7, 11) is 0. The molecule has 0 spiro atoms. The Morgan fingerprint density at radius 2 is 1.21 bits per heavy atom. The monoisotopic (exact) mass is 368 g/mol. The van der Waals surface area contributed by atoms with Crippen LogP contribution >= 0.6 is 0 Å². The number of hydrogen-bond acceptors (Lipinski definition) is 0. The highest BCUT2D eigenvalue weighted by Gasteiger charge is 2.54. The zero-order chi connectivity index (χ0) is 18.4. The lowest BCUT2D eigenvalue weighted by atomic mass is 9.86. The predicted octanol–water partition coefficient (Wildman–Crippen LogP) is 6.23. The highest BCUT2D eigenvalue weighted by atomic mass is 19.4. The number of fused-ring (bicyclic) bond motifs is 2. The van der Waals surface area contributed by atoms with Crippen molar-refractivity contribution in [3.8, 4) is 0 Å². The zero-order valence-corrected chi connectivity index (χ0v) is 12.5. The van der Waals surface area contributed by atoms with E-state index in [0.29, 0.717) is 12.8 Å². The first-order valence-electron chi connectivity index (χ1n) is 7.55. The van der Waals surface area contributed by atoms with E-state index in [9.17, 15) is 39.5 Å². The molecule has 9 heteroatoms. The van der Waals surface area contributed by atoms with Crippen molar-refractivity contribution in [3.05, 3.63) is 12.2 Å². The van der Waals surface area contributed by atoms with Crippen LogP contribution in [0.4, 0.5) is 39.5 Å². The van der Waals surface area contributed by atoms with Crippen LogP contribution in [-0.4, -0.2) is 23.9 Å². The van der Waals surface area contributed by atoms with Gasteiger partial charge in [0.15, 0.2) is 0 Å². The lowest BCUT2D eigenvalue weighted by Crippen LogP contribution is -2.38. The van der Waals surface area contributed by atoms with E-state index in [1.54, 1.807) is 6.08 Å². The Kier molecular flexibility index (Phi) is 4.96. The van der Waals surface area contributed by atoms with E-state index in [-0.39, 0.29) is 11.8 Å². The summed E-state index contributed by atoms with van der Waals surface area (Å²) in [5.74, 6) is -13.7. The molecular weight excluding hydrogens is 351 g/mol. The lowest BCUT2D eigenvalue weighted by molar-refractivity contribution is -0.214. The fraction of sp³-hybridized carbons (Fsp3) is 0.867. The average molecular weight is 368 g/mol. The predicted molar refractivity (Wildman–Crippen MR) is 68.2 cm³/mol. The van der Waals surface area contributed by atoms with E-state index in [1.165, 1.54) is 0 Å². The lowest BCUT2D eigenvalue weighted by Gasteiger charge is -2.29. The third-order valence-electron chi connectivity index (χ3n) is 4.47. The van der Waals surface area contributed by atoms with Gasteiger partial charge in [0.2, 0.25) is 0 Å². The van der Waals surface area contributed by atoms with Gasteiger partial charge >= 0.3 is 6.18 Å². The molecule has 0 aromatic heterocycles. The van der Waals surface area contributed by atoms with Crippen LogP contribution < -0.4 is 0 Å².